The Morgan fingerprint density at radius 2 is 2.43 bits per heavy atom. The molecule has 1 aromatic heterocycles. The van der Waals surface area contributed by atoms with Crippen LogP contribution in [0.25, 0.3) is 6.08 Å². The molecule has 1 rings (SSSR count). The first-order valence-corrected chi connectivity index (χ1v) is 4.38. The van der Waals surface area contributed by atoms with Crippen LogP contribution in [0.4, 0.5) is 0 Å². The van der Waals surface area contributed by atoms with Crippen LogP contribution in [0.3, 0.4) is 0 Å². The second-order valence-corrected chi connectivity index (χ2v) is 2.91. The van der Waals surface area contributed by atoms with E-state index in [2.05, 4.69) is 9.72 Å². The van der Waals surface area contributed by atoms with Crippen LogP contribution in [0, 0.1) is 6.92 Å². The van der Waals surface area contributed by atoms with Crippen molar-refractivity contribution < 1.29 is 9.53 Å². The molecular formula is C11H13NO2. The van der Waals surface area contributed by atoms with E-state index < -0.39 is 0 Å². The molecular weight excluding hydrogens is 178 g/mol. The summed E-state index contributed by atoms with van der Waals surface area (Å²) in [6.45, 7) is 2.00. The zero-order valence-electron chi connectivity index (χ0n) is 8.36. The van der Waals surface area contributed by atoms with E-state index in [0.29, 0.717) is 6.42 Å². The first-order chi connectivity index (χ1) is 6.74. The van der Waals surface area contributed by atoms with Crippen molar-refractivity contribution in [3.63, 3.8) is 0 Å². The second kappa shape index (κ2) is 5.17. The van der Waals surface area contributed by atoms with Gasteiger partial charge < -0.3 is 4.74 Å². The number of pyridine rings is 1. The van der Waals surface area contributed by atoms with E-state index in [9.17, 15) is 4.79 Å². The quantitative estimate of drug-likeness (QED) is 0.685. The molecule has 0 aliphatic carbocycles. The van der Waals surface area contributed by atoms with Crippen LogP contribution < -0.4 is 0 Å². The van der Waals surface area contributed by atoms with Gasteiger partial charge in [-0.3, -0.25) is 9.78 Å². The van der Waals surface area contributed by atoms with Gasteiger partial charge in [-0.15, -0.1) is 0 Å². The number of aryl methyl sites for hydroxylation is 1. The number of rotatable bonds is 3. The predicted molar refractivity (Wildman–Crippen MR) is 54.6 cm³/mol. The van der Waals surface area contributed by atoms with E-state index in [1.54, 1.807) is 18.5 Å². The molecule has 14 heavy (non-hydrogen) atoms. The van der Waals surface area contributed by atoms with Crippen molar-refractivity contribution >= 4 is 12.0 Å². The number of aromatic nitrogens is 1. The topological polar surface area (TPSA) is 39.2 Å². The molecule has 74 valence electrons. The highest BCUT2D eigenvalue weighted by atomic mass is 16.5. The Balaban J connectivity index is 2.60. The third-order valence-electron chi connectivity index (χ3n) is 1.89. The van der Waals surface area contributed by atoms with Gasteiger partial charge in [-0.25, -0.2) is 0 Å². The summed E-state index contributed by atoms with van der Waals surface area (Å²) in [5.41, 5.74) is 2.16. The Morgan fingerprint density at radius 1 is 1.64 bits per heavy atom. The summed E-state index contributed by atoms with van der Waals surface area (Å²) in [7, 11) is 1.38. The maximum atomic E-state index is 10.8. The number of nitrogens with zero attached hydrogens (tertiary/aromatic N) is 1. The van der Waals surface area contributed by atoms with Crippen molar-refractivity contribution in [2.45, 2.75) is 13.3 Å². The fourth-order valence-corrected chi connectivity index (χ4v) is 1.02. The third-order valence-corrected chi connectivity index (χ3v) is 1.89. The molecule has 0 saturated carbocycles. The van der Waals surface area contributed by atoms with Crippen molar-refractivity contribution in [1.29, 1.82) is 0 Å². The van der Waals surface area contributed by atoms with E-state index in [-0.39, 0.29) is 5.97 Å². The molecule has 0 aliphatic heterocycles. The zero-order chi connectivity index (χ0) is 10.4. The minimum absolute atomic E-state index is 0.234. The summed E-state index contributed by atoms with van der Waals surface area (Å²) < 4.78 is 4.51. The zero-order valence-corrected chi connectivity index (χ0v) is 8.36. The van der Waals surface area contributed by atoms with Crippen LogP contribution in [0.15, 0.2) is 24.5 Å². The predicted octanol–water partition coefficient (Wildman–Crippen LogP) is 1.97. The van der Waals surface area contributed by atoms with Crippen LogP contribution >= 0.6 is 0 Å². The summed E-state index contributed by atoms with van der Waals surface area (Å²) in [6.07, 6.45) is 7.45. The average Bonchev–Trinajstić information content (AvgIpc) is 2.20. The van der Waals surface area contributed by atoms with Crippen molar-refractivity contribution in [3.05, 3.63) is 35.7 Å². The molecule has 0 saturated heterocycles. The average molecular weight is 191 g/mol. The standard InChI is InChI=1S/C11H13NO2/c1-9-6-7-12-8-10(9)4-3-5-11(13)14-2/h3-4,6-8H,5H2,1-2H3. The van der Waals surface area contributed by atoms with E-state index >= 15 is 0 Å². The van der Waals surface area contributed by atoms with Crippen LogP contribution in [0.2, 0.25) is 0 Å². The molecule has 0 aliphatic rings. The Hall–Kier alpha value is -1.64. The van der Waals surface area contributed by atoms with Gasteiger partial charge in [0.25, 0.3) is 0 Å². The third kappa shape index (κ3) is 3.01. The lowest BCUT2D eigenvalue weighted by atomic mass is 10.1. The van der Waals surface area contributed by atoms with E-state index in [1.807, 2.05) is 19.1 Å². The molecule has 3 nitrogen and oxygen atoms in total. The number of hydrogen-bond acceptors (Lipinski definition) is 3. The van der Waals surface area contributed by atoms with Crippen molar-refractivity contribution in [2.75, 3.05) is 7.11 Å². The summed E-state index contributed by atoms with van der Waals surface area (Å²) in [4.78, 5) is 14.8. The fourth-order valence-electron chi connectivity index (χ4n) is 1.02. The summed E-state index contributed by atoms with van der Waals surface area (Å²) in [5, 5.41) is 0. The van der Waals surface area contributed by atoms with Gasteiger partial charge in [-0.1, -0.05) is 12.2 Å². The van der Waals surface area contributed by atoms with E-state index in [0.717, 1.165) is 11.1 Å². The molecule has 0 aromatic carbocycles. The van der Waals surface area contributed by atoms with Gasteiger partial charge in [0.15, 0.2) is 0 Å². The number of ether oxygens (including phenoxy) is 1. The Labute approximate surface area is 83.4 Å². The Bertz CT molecular complexity index is 345. The van der Waals surface area contributed by atoms with Crippen molar-refractivity contribution in [1.82, 2.24) is 4.98 Å². The molecule has 3 heteroatoms. The molecule has 0 unspecified atom stereocenters. The number of hydrogen-bond donors (Lipinski definition) is 0. The van der Waals surface area contributed by atoms with Crippen LogP contribution in [-0.4, -0.2) is 18.1 Å². The monoisotopic (exact) mass is 191 g/mol. The maximum Gasteiger partial charge on any atom is 0.309 e. The molecule has 0 fully saturated rings. The molecule has 0 amide bonds. The lowest BCUT2D eigenvalue weighted by molar-refractivity contribution is -0.139. The van der Waals surface area contributed by atoms with Gasteiger partial charge in [-0.2, -0.15) is 0 Å². The number of carbonyl (C=O) groups excluding carboxylic acids is 1. The van der Waals surface area contributed by atoms with Crippen molar-refractivity contribution in [3.8, 4) is 0 Å². The van der Waals surface area contributed by atoms with Gasteiger partial charge in [-0.05, 0) is 24.1 Å². The minimum atomic E-state index is -0.234. The lowest BCUT2D eigenvalue weighted by Gasteiger charge is -1.97. The maximum absolute atomic E-state index is 10.8. The highest BCUT2D eigenvalue weighted by molar-refractivity contribution is 5.72. The normalized spacial score (nSPS) is 10.4. The summed E-state index contributed by atoms with van der Waals surface area (Å²) >= 11 is 0. The minimum Gasteiger partial charge on any atom is -0.469 e. The van der Waals surface area contributed by atoms with Crippen molar-refractivity contribution in [2.24, 2.45) is 0 Å². The number of esters is 1. The molecule has 0 spiro atoms. The van der Waals surface area contributed by atoms with Crippen LogP contribution in [0.5, 0.6) is 0 Å². The van der Waals surface area contributed by atoms with Gasteiger partial charge >= 0.3 is 5.97 Å². The first-order valence-electron chi connectivity index (χ1n) is 4.38. The molecule has 0 atom stereocenters. The van der Waals surface area contributed by atoms with Gasteiger partial charge in [0, 0.05) is 12.4 Å². The Morgan fingerprint density at radius 3 is 3.07 bits per heavy atom. The second-order valence-electron chi connectivity index (χ2n) is 2.91. The number of methoxy groups -OCH3 is 1. The Kier molecular flexibility index (Phi) is 3.85. The summed E-state index contributed by atoms with van der Waals surface area (Å²) in [5.74, 6) is -0.234. The van der Waals surface area contributed by atoms with E-state index in [1.165, 1.54) is 7.11 Å². The fraction of sp³-hybridized carbons (Fsp3) is 0.273. The molecule has 1 aromatic rings. The molecule has 0 bridgehead atoms. The highest BCUT2D eigenvalue weighted by Crippen LogP contribution is 2.07. The van der Waals surface area contributed by atoms with Crippen LogP contribution in [-0.2, 0) is 9.53 Å². The van der Waals surface area contributed by atoms with Gasteiger partial charge in [0.2, 0.25) is 0 Å². The molecule has 0 N–H and O–H groups in total. The van der Waals surface area contributed by atoms with Crippen LogP contribution in [0.1, 0.15) is 17.5 Å². The van der Waals surface area contributed by atoms with Gasteiger partial charge in [0.1, 0.15) is 0 Å². The SMILES string of the molecule is COC(=O)CC=Cc1cnccc1C. The first kappa shape index (κ1) is 10.4. The smallest absolute Gasteiger partial charge is 0.309 e. The number of carbonyl (C=O) groups is 1. The molecule has 1 heterocycles. The summed E-state index contributed by atoms with van der Waals surface area (Å²) in [6, 6.07) is 1.93. The lowest BCUT2D eigenvalue weighted by Crippen LogP contribution is -1.96. The van der Waals surface area contributed by atoms with Gasteiger partial charge in [0.05, 0.1) is 13.5 Å². The van der Waals surface area contributed by atoms with E-state index in [4.69, 9.17) is 0 Å². The molecule has 0 radical (unpaired) electrons. The largest absolute Gasteiger partial charge is 0.469 e. The highest BCUT2D eigenvalue weighted by Gasteiger charge is 1.95.